The smallest absolute Gasteiger partial charge is 0.417 e. The molecule has 0 aliphatic carbocycles. The van der Waals surface area contributed by atoms with Gasteiger partial charge in [-0.15, -0.1) is 9.82 Å². The largest absolute Gasteiger partial charge is 0.593 e. The Bertz CT molecular complexity index is 1760. The zero-order chi connectivity index (χ0) is 31.6. The van der Waals surface area contributed by atoms with Gasteiger partial charge in [-0.05, 0) is 63.4 Å². The predicted octanol–water partition coefficient (Wildman–Crippen LogP) is 4.92. The molecule has 0 saturated carbocycles. The van der Waals surface area contributed by atoms with Gasteiger partial charge in [0.2, 0.25) is 0 Å². The number of H-pyrrole nitrogens is 1. The molecule has 1 fully saturated rings. The van der Waals surface area contributed by atoms with Crippen molar-refractivity contribution in [1.82, 2.24) is 24.3 Å². The molecule has 1 unspecified atom stereocenters. The second kappa shape index (κ2) is 12.9. The third kappa shape index (κ3) is 6.40. The zero-order valence-electron chi connectivity index (χ0n) is 24.5. The molecule has 1 atom stereocenters. The number of aromatic nitrogens is 4. The number of nitrogens with one attached hydrogen (secondary N) is 2. The number of aromatic amines is 1. The van der Waals surface area contributed by atoms with Crippen LogP contribution in [0.4, 0.5) is 18.9 Å². The van der Waals surface area contributed by atoms with Crippen LogP contribution in [-0.4, -0.2) is 49.9 Å². The van der Waals surface area contributed by atoms with Crippen LogP contribution in [-0.2, 0) is 24.0 Å². The molecule has 5 rings (SSSR count). The van der Waals surface area contributed by atoms with E-state index in [4.69, 9.17) is 10.00 Å². The summed E-state index contributed by atoms with van der Waals surface area (Å²) in [5.74, 6) is 1.40. The number of alkyl halides is 3. The fourth-order valence-electron chi connectivity index (χ4n) is 5.37. The van der Waals surface area contributed by atoms with E-state index < -0.39 is 28.7 Å². The topological polar surface area (TPSA) is 134 Å². The van der Waals surface area contributed by atoms with Gasteiger partial charge >= 0.3 is 6.18 Å². The Morgan fingerprint density at radius 1 is 1.20 bits per heavy atom. The SMILES string of the molecule is CCCc1nc(C)c2c(=O)[nH]c(-c3cc([S+]([O-])NC4CCN(c5ccc(C#N)c(C(F)(F)F)c5)CC4)ccc3OCC)nn12. The van der Waals surface area contributed by atoms with Crippen LogP contribution in [0.25, 0.3) is 16.9 Å². The average Bonchev–Trinajstić information content (AvgIpc) is 3.32. The minimum Gasteiger partial charge on any atom is -0.593 e. The second-order valence-corrected chi connectivity index (χ2v) is 11.7. The van der Waals surface area contributed by atoms with Gasteiger partial charge in [-0.25, -0.2) is 9.50 Å². The molecular weight excluding hydrogens is 595 g/mol. The number of nitrogens with zero attached hydrogens (tertiary/aromatic N) is 5. The Hall–Kier alpha value is -4.06. The molecule has 14 heteroatoms. The summed E-state index contributed by atoms with van der Waals surface area (Å²) in [5, 5.41) is 13.8. The summed E-state index contributed by atoms with van der Waals surface area (Å²) in [6.07, 6.45) is -2.07. The maximum absolute atomic E-state index is 13.4. The number of hydrogen-bond acceptors (Lipinski definition) is 8. The molecular formula is C30H32F3N7O3S. The Morgan fingerprint density at radius 2 is 1.95 bits per heavy atom. The van der Waals surface area contributed by atoms with Crippen LogP contribution < -0.4 is 19.9 Å². The summed E-state index contributed by atoms with van der Waals surface area (Å²) in [7, 11) is 0. The average molecular weight is 628 g/mol. The molecule has 0 amide bonds. The maximum Gasteiger partial charge on any atom is 0.417 e. The van der Waals surface area contributed by atoms with Crippen molar-refractivity contribution in [3.05, 3.63) is 69.4 Å². The number of piperidine rings is 1. The Labute approximate surface area is 255 Å². The normalized spacial score (nSPS) is 15.0. The van der Waals surface area contributed by atoms with E-state index in [1.165, 1.54) is 12.1 Å². The van der Waals surface area contributed by atoms with Crippen LogP contribution in [0.1, 0.15) is 55.8 Å². The van der Waals surface area contributed by atoms with E-state index >= 15 is 0 Å². The highest BCUT2D eigenvalue weighted by molar-refractivity contribution is 7.89. The standard InChI is InChI=1S/C30H32F3N7O3S/c1-4-6-26-35-18(3)27-29(41)36-28(37-40(26)27)23-16-22(9-10-25(23)43-5-2)44(42)38-20-11-13-39(14-12-20)21-8-7-19(17-34)24(15-21)30(31,32)33/h7-10,15-16,20,38H,4-6,11-14H2,1-3H3,(H,36,37,41). The van der Waals surface area contributed by atoms with E-state index in [0.29, 0.717) is 77.9 Å². The number of imidazole rings is 1. The molecule has 2 aromatic heterocycles. The van der Waals surface area contributed by atoms with E-state index in [2.05, 4.69) is 19.8 Å². The van der Waals surface area contributed by atoms with E-state index in [9.17, 15) is 22.5 Å². The Kier molecular flexibility index (Phi) is 9.19. The number of nitriles is 1. The molecule has 0 radical (unpaired) electrons. The first kappa shape index (κ1) is 31.4. The van der Waals surface area contributed by atoms with Crippen LogP contribution in [0.5, 0.6) is 5.75 Å². The lowest BCUT2D eigenvalue weighted by molar-refractivity contribution is -0.137. The van der Waals surface area contributed by atoms with Crippen molar-refractivity contribution in [3.8, 4) is 23.2 Å². The third-order valence-electron chi connectivity index (χ3n) is 7.50. The molecule has 0 spiro atoms. The molecule has 4 aromatic rings. The summed E-state index contributed by atoms with van der Waals surface area (Å²) in [4.78, 5) is 22.7. The van der Waals surface area contributed by atoms with Crippen molar-refractivity contribution >= 4 is 22.6 Å². The summed E-state index contributed by atoms with van der Waals surface area (Å²) < 4.78 is 64.3. The lowest BCUT2D eigenvalue weighted by Gasteiger charge is -2.34. The van der Waals surface area contributed by atoms with Crippen LogP contribution in [0, 0.1) is 18.3 Å². The van der Waals surface area contributed by atoms with Gasteiger partial charge in [0.1, 0.15) is 11.6 Å². The summed E-state index contributed by atoms with van der Waals surface area (Å²) in [6.45, 7) is 6.88. The number of halogens is 3. The van der Waals surface area contributed by atoms with Crippen molar-refractivity contribution in [2.24, 2.45) is 0 Å². The van der Waals surface area contributed by atoms with Crippen molar-refractivity contribution in [1.29, 1.82) is 5.26 Å². The van der Waals surface area contributed by atoms with Gasteiger partial charge in [0.25, 0.3) is 5.56 Å². The highest BCUT2D eigenvalue weighted by Gasteiger charge is 2.35. The van der Waals surface area contributed by atoms with Gasteiger partial charge in [0, 0.05) is 31.3 Å². The number of hydrogen-bond donors (Lipinski definition) is 2. The van der Waals surface area contributed by atoms with Crippen LogP contribution >= 0.6 is 0 Å². The molecule has 3 heterocycles. The van der Waals surface area contributed by atoms with Crippen LogP contribution in [0.2, 0.25) is 0 Å². The third-order valence-corrected chi connectivity index (χ3v) is 8.73. The van der Waals surface area contributed by atoms with Crippen LogP contribution in [0.3, 0.4) is 0 Å². The first-order valence-corrected chi connectivity index (χ1v) is 15.5. The van der Waals surface area contributed by atoms with Gasteiger partial charge in [0.15, 0.2) is 16.2 Å². The van der Waals surface area contributed by atoms with Gasteiger partial charge in [-0.3, -0.25) is 4.79 Å². The van der Waals surface area contributed by atoms with E-state index in [1.54, 1.807) is 35.7 Å². The molecule has 232 valence electrons. The number of anilines is 1. The van der Waals surface area contributed by atoms with Crippen molar-refractivity contribution in [3.63, 3.8) is 0 Å². The number of fused-ring (bicyclic) bond motifs is 1. The zero-order valence-corrected chi connectivity index (χ0v) is 25.3. The first-order chi connectivity index (χ1) is 21.0. The van der Waals surface area contributed by atoms with Crippen molar-refractivity contribution in [2.45, 2.75) is 63.6 Å². The minimum atomic E-state index is -4.63. The molecule has 10 nitrogen and oxygen atoms in total. The van der Waals surface area contributed by atoms with Crippen molar-refractivity contribution < 1.29 is 22.5 Å². The van der Waals surface area contributed by atoms with Crippen LogP contribution in [0.15, 0.2) is 46.1 Å². The highest BCUT2D eigenvalue weighted by atomic mass is 32.2. The minimum absolute atomic E-state index is 0.151. The van der Waals surface area contributed by atoms with E-state index in [0.717, 1.165) is 12.5 Å². The fourth-order valence-corrected chi connectivity index (χ4v) is 6.46. The number of ether oxygens (including phenoxy) is 1. The molecule has 44 heavy (non-hydrogen) atoms. The van der Waals surface area contributed by atoms with Crippen molar-refractivity contribution in [2.75, 3.05) is 24.6 Å². The first-order valence-electron chi connectivity index (χ1n) is 14.3. The molecule has 0 bridgehead atoms. The molecule has 1 aliphatic rings. The second-order valence-electron chi connectivity index (χ2n) is 10.5. The van der Waals surface area contributed by atoms with Gasteiger partial charge in [-0.1, -0.05) is 6.92 Å². The maximum atomic E-state index is 13.4. The fraction of sp³-hybridized carbons (Fsp3) is 0.400. The van der Waals surface area contributed by atoms with E-state index in [1.807, 2.05) is 18.7 Å². The summed E-state index contributed by atoms with van der Waals surface area (Å²) in [5.41, 5.74) is 0.117. The highest BCUT2D eigenvalue weighted by Crippen LogP contribution is 2.35. The lowest BCUT2D eigenvalue weighted by atomic mass is 10.0. The van der Waals surface area contributed by atoms with Gasteiger partial charge in [-0.2, -0.15) is 18.4 Å². The lowest BCUT2D eigenvalue weighted by Crippen LogP contribution is -2.44. The Balaban J connectivity index is 1.34. The monoisotopic (exact) mass is 627 g/mol. The Morgan fingerprint density at radius 3 is 2.61 bits per heavy atom. The molecule has 1 aliphatic heterocycles. The summed E-state index contributed by atoms with van der Waals surface area (Å²) in [6, 6.07) is 10.2. The molecule has 1 saturated heterocycles. The number of benzene rings is 2. The number of aryl methyl sites for hydroxylation is 2. The predicted molar refractivity (Wildman–Crippen MR) is 160 cm³/mol. The molecule has 2 aromatic carbocycles. The van der Waals surface area contributed by atoms with Gasteiger partial charge < -0.3 is 19.2 Å². The quantitative estimate of drug-likeness (QED) is 0.250. The molecule has 2 N–H and O–H groups in total. The summed E-state index contributed by atoms with van der Waals surface area (Å²) >= 11 is -1.64. The number of rotatable bonds is 9. The van der Waals surface area contributed by atoms with E-state index in [-0.39, 0.29) is 17.4 Å². The van der Waals surface area contributed by atoms with Gasteiger partial charge in [0.05, 0.1) is 52.5 Å².